The lowest BCUT2D eigenvalue weighted by atomic mass is 9.96. The molecule has 0 atom stereocenters. The Labute approximate surface area is 147 Å². The Balaban J connectivity index is 1.46. The van der Waals surface area contributed by atoms with Crippen LogP contribution in [-0.4, -0.2) is 43.5 Å². The first-order chi connectivity index (χ1) is 12.2. The molecule has 0 aromatic heterocycles. The number of hydrogen-bond acceptors (Lipinski definition) is 3. The number of nitrogens with one attached hydrogen (secondary N) is 1. The average molecular weight is 339 g/mol. The zero-order chi connectivity index (χ0) is 17.2. The van der Waals surface area contributed by atoms with Gasteiger partial charge < -0.3 is 15.1 Å². The number of rotatable bonds is 2. The molecule has 1 amide bonds. The molecule has 5 heteroatoms. The maximum absolute atomic E-state index is 13.1. The maximum atomic E-state index is 13.1. The fraction of sp³-hybridized carbons (Fsp3) is 0.350. The van der Waals surface area contributed by atoms with E-state index in [1.807, 2.05) is 17.0 Å². The molecule has 2 aliphatic rings. The Morgan fingerprint density at radius 2 is 1.76 bits per heavy atom. The van der Waals surface area contributed by atoms with Gasteiger partial charge in [0.1, 0.15) is 5.82 Å². The summed E-state index contributed by atoms with van der Waals surface area (Å²) in [5.41, 5.74) is 4.09. The van der Waals surface area contributed by atoms with E-state index in [4.69, 9.17) is 0 Å². The Morgan fingerprint density at radius 1 is 1.00 bits per heavy atom. The molecular formula is C20H22FN3O. The second kappa shape index (κ2) is 6.75. The summed E-state index contributed by atoms with van der Waals surface area (Å²) in [6.45, 7) is 3.89. The van der Waals surface area contributed by atoms with Gasteiger partial charge in [-0.3, -0.25) is 4.79 Å². The number of amides is 1. The average Bonchev–Trinajstić information content (AvgIpc) is 2.68. The van der Waals surface area contributed by atoms with Gasteiger partial charge in [0.2, 0.25) is 0 Å². The second-order valence-electron chi connectivity index (χ2n) is 6.62. The number of piperazine rings is 1. The quantitative estimate of drug-likeness (QED) is 0.913. The Hall–Kier alpha value is -2.56. The lowest BCUT2D eigenvalue weighted by Crippen LogP contribution is -2.49. The molecule has 1 fully saturated rings. The van der Waals surface area contributed by atoms with Gasteiger partial charge in [-0.2, -0.15) is 0 Å². The summed E-state index contributed by atoms with van der Waals surface area (Å²) in [7, 11) is 0. The first-order valence-corrected chi connectivity index (χ1v) is 8.88. The Morgan fingerprint density at radius 3 is 2.52 bits per heavy atom. The van der Waals surface area contributed by atoms with Crippen molar-refractivity contribution in [1.82, 2.24) is 4.90 Å². The summed E-state index contributed by atoms with van der Waals surface area (Å²) in [4.78, 5) is 17.1. The predicted molar refractivity (Wildman–Crippen MR) is 97.8 cm³/mol. The summed E-state index contributed by atoms with van der Waals surface area (Å²) in [5, 5.41) is 3.38. The molecule has 0 saturated carbocycles. The molecule has 1 saturated heterocycles. The number of nitrogens with zero attached hydrogens (tertiary/aromatic N) is 2. The molecule has 0 bridgehead atoms. The van der Waals surface area contributed by atoms with Crippen molar-refractivity contribution in [3.8, 4) is 0 Å². The molecule has 4 nitrogen and oxygen atoms in total. The number of fused-ring (bicyclic) bond motifs is 1. The van der Waals surface area contributed by atoms with E-state index in [9.17, 15) is 9.18 Å². The van der Waals surface area contributed by atoms with Crippen LogP contribution in [0.5, 0.6) is 0 Å². The lowest BCUT2D eigenvalue weighted by molar-refractivity contribution is 0.0745. The largest absolute Gasteiger partial charge is 0.385 e. The summed E-state index contributed by atoms with van der Waals surface area (Å²) < 4.78 is 13.1. The molecule has 0 radical (unpaired) electrons. The monoisotopic (exact) mass is 339 g/mol. The number of halogens is 1. The smallest absolute Gasteiger partial charge is 0.254 e. The number of carbonyl (C=O) groups is 1. The minimum Gasteiger partial charge on any atom is -0.385 e. The minimum atomic E-state index is -0.222. The van der Waals surface area contributed by atoms with Crippen LogP contribution in [-0.2, 0) is 6.42 Å². The van der Waals surface area contributed by atoms with Crippen LogP contribution in [0.2, 0.25) is 0 Å². The van der Waals surface area contributed by atoms with Crippen molar-refractivity contribution in [2.75, 3.05) is 42.9 Å². The number of benzene rings is 2. The van der Waals surface area contributed by atoms with Gasteiger partial charge in [-0.05, 0) is 54.8 Å². The van der Waals surface area contributed by atoms with Crippen molar-refractivity contribution in [3.05, 3.63) is 59.4 Å². The molecule has 2 heterocycles. The Kier molecular flexibility index (Phi) is 4.30. The summed E-state index contributed by atoms with van der Waals surface area (Å²) in [6, 6.07) is 12.5. The molecule has 25 heavy (non-hydrogen) atoms. The van der Waals surface area contributed by atoms with Gasteiger partial charge in [-0.15, -0.1) is 0 Å². The van der Waals surface area contributed by atoms with Crippen molar-refractivity contribution in [2.45, 2.75) is 12.8 Å². The number of anilines is 2. The second-order valence-corrected chi connectivity index (χ2v) is 6.62. The van der Waals surface area contributed by atoms with Crippen LogP contribution in [0, 0.1) is 5.82 Å². The molecule has 4 rings (SSSR count). The van der Waals surface area contributed by atoms with E-state index in [0.717, 1.165) is 55.0 Å². The lowest BCUT2D eigenvalue weighted by Gasteiger charge is -2.36. The van der Waals surface area contributed by atoms with Crippen LogP contribution in [0.1, 0.15) is 22.3 Å². The predicted octanol–water partition coefficient (Wildman–Crippen LogP) is 3.15. The van der Waals surface area contributed by atoms with E-state index in [1.165, 1.54) is 12.1 Å². The molecule has 2 aromatic rings. The molecular weight excluding hydrogens is 317 g/mol. The number of hydrogen-bond donors (Lipinski definition) is 1. The summed E-state index contributed by atoms with van der Waals surface area (Å²) >= 11 is 0. The van der Waals surface area contributed by atoms with Crippen LogP contribution in [0.15, 0.2) is 42.5 Å². The standard InChI is InChI=1S/C20H22FN3O/c21-15-6-8-16(9-7-15)23-11-13-24(14-12-23)20(25)18-3-1-5-19-17(18)4-2-10-22-19/h1,3,5-9,22H,2,4,10-14H2. The normalized spacial score (nSPS) is 17.0. The first kappa shape index (κ1) is 15.9. The van der Waals surface area contributed by atoms with Crippen LogP contribution >= 0.6 is 0 Å². The highest BCUT2D eigenvalue weighted by Gasteiger charge is 2.25. The topological polar surface area (TPSA) is 35.6 Å². The van der Waals surface area contributed by atoms with E-state index >= 15 is 0 Å². The maximum Gasteiger partial charge on any atom is 0.254 e. The van der Waals surface area contributed by atoms with Gasteiger partial charge in [0.25, 0.3) is 5.91 Å². The molecule has 2 aliphatic heterocycles. The van der Waals surface area contributed by atoms with E-state index in [-0.39, 0.29) is 11.7 Å². The first-order valence-electron chi connectivity index (χ1n) is 8.88. The summed E-state index contributed by atoms with van der Waals surface area (Å²) in [6.07, 6.45) is 2.02. The van der Waals surface area contributed by atoms with Gasteiger partial charge in [0, 0.05) is 49.7 Å². The van der Waals surface area contributed by atoms with Crippen molar-refractivity contribution in [1.29, 1.82) is 0 Å². The number of carbonyl (C=O) groups excluding carboxylic acids is 1. The van der Waals surface area contributed by atoms with Crippen molar-refractivity contribution < 1.29 is 9.18 Å². The fourth-order valence-corrected chi connectivity index (χ4v) is 3.70. The van der Waals surface area contributed by atoms with Crippen LogP contribution < -0.4 is 10.2 Å². The molecule has 2 aromatic carbocycles. The van der Waals surface area contributed by atoms with Gasteiger partial charge in [-0.25, -0.2) is 4.39 Å². The molecule has 1 N–H and O–H groups in total. The van der Waals surface area contributed by atoms with E-state index in [2.05, 4.69) is 16.3 Å². The highest BCUT2D eigenvalue weighted by molar-refractivity contribution is 5.97. The minimum absolute atomic E-state index is 0.124. The zero-order valence-corrected chi connectivity index (χ0v) is 14.2. The zero-order valence-electron chi connectivity index (χ0n) is 14.2. The molecule has 130 valence electrons. The van der Waals surface area contributed by atoms with E-state index in [1.54, 1.807) is 12.1 Å². The molecule has 0 unspecified atom stereocenters. The third-order valence-corrected chi connectivity index (χ3v) is 5.08. The van der Waals surface area contributed by atoms with Gasteiger partial charge >= 0.3 is 0 Å². The van der Waals surface area contributed by atoms with E-state index < -0.39 is 0 Å². The third-order valence-electron chi connectivity index (χ3n) is 5.08. The molecule has 0 aliphatic carbocycles. The van der Waals surface area contributed by atoms with Gasteiger partial charge in [0.05, 0.1) is 0 Å². The van der Waals surface area contributed by atoms with Crippen molar-refractivity contribution in [3.63, 3.8) is 0 Å². The van der Waals surface area contributed by atoms with Gasteiger partial charge in [0.15, 0.2) is 0 Å². The highest BCUT2D eigenvalue weighted by atomic mass is 19.1. The third kappa shape index (κ3) is 3.18. The summed E-state index contributed by atoms with van der Waals surface area (Å²) in [5.74, 6) is -0.0978. The van der Waals surface area contributed by atoms with Crippen LogP contribution in [0.3, 0.4) is 0 Å². The fourth-order valence-electron chi connectivity index (χ4n) is 3.70. The van der Waals surface area contributed by atoms with Crippen LogP contribution in [0.25, 0.3) is 0 Å². The van der Waals surface area contributed by atoms with E-state index in [0.29, 0.717) is 13.1 Å². The van der Waals surface area contributed by atoms with Crippen molar-refractivity contribution >= 4 is 17.3 Å². The molecule has 0 spiro atoms. The van der Waals surface area contributed by atoms with Crippen LogP contribution in [0.4, 0.5) is 15.8 Å². The van der Waals surface area contributed by atoms with Gasteiger partial charge in [-0.1, -0.05) is 6.07 Å². The Bertz CT molecular complexity index is 767. The highest BCUT2D eigenvalue weighted by Crippen LogP contribution is 2.27. The SMILES string of the molecule is O=C(c1cccc2c1CCCN2)N1CCN(c2ccc(F)cc2)CC1. The van der Waals surface area contributed by atoms with Crippen molar-refractivity contribution in [2.24, 2.45) is 0 Å².